The Morgan fingerprint density at radius 1 is 0.842 bits per heavy atom. The number of Topliss-reactive ketones (excluding diaryl/α,β-unsaturated/α-hetero) is 2. The maximum Gasteiger partial charge on any atom is 0.325 e. The summed E-state index contributed by atoms with van der Waals surface area (Å²) in [5.74, 6) is -2.71. The topological polar surface area (TPSA) is 95.5 Å². The number of benzene rings is 3. The Morgan fingerprint density at radius 3 is 2.24 bits per heavy atom. The summed E-state index contributed by atoms with van der Waals surface area (Å²) in [5, 5.41) is 17.8. The second-order valence-corrected chi connectivity index (χ2v) is 11.0. The number of aliphatic carboxylic acids is 1. The highest BCUT2D eigenvalue weighted by molar-refractivity contribution is 6.44. The molecule has 0 amide bonds. The van der Waals surface area contributed by atoms with E-state index in [1.54, 1.807) is 12.1 Å². The summed E-state index contributed by atoms with van der Waals surface area (Å²) >= 11 is 0. The number of nitrogens with one attached hydrogen (secondary N) is 2. The molecule has 194 valence electrons. The number of carboxylic acid groups (broad SMARTS) is 1. The second kappa shape index (κ2) is 9.84. The average Bonchev–Trinajstić information content (AvgIpc) is 3.64. The fraction of sp³-hybridized carbons (Fsp3) is 0.344. The summed E-state index contributed by atoms with van der Waals surface area (Å²) in [6, 6.07) is 24.8. The zero-order valence-electron chi connectivity index (χ0n) is 21.2. The minimum atomic E-state index is -1.55. The molecule has 2 fully saturated rings. The molecular formula is C32H32N2O4. The van der Waals surface area contributed by atoms with Crippen LogP contribution in [0.15, 0.2) is 78.9 Å². The highest BCUT2D eigenvalue weighted by Gasteiger charge is 2.57. The van der Waals surface area contributed by atoms with E-state index in [-0.39, 0.29) is 30.0 Å². The highest BCUT2D eigenvalue weighted by atomic mass is 16.4. The molecule has 4 unspecified atom stereocenters. The van der Waals surface area contributed by atoms with Crippen molar-refractivity contribution in [3.63, 3.8) is 0 Å². The third-order valence-corrected chi connectivity index (χ3v) is 8.53. The molecule has 3 aromatic rings. The van der Waals surface area contributed by atoms with Crippen LogP contribution in [-0.4, -0.2) is 40.3 Å². The van der Waals surface area contributed by atoms with Gasteiger partial charge in [-0.05, 0) is 54.4 Å². The molecule has 2 saturated carbocycles. The number of carbonyl (C=O) groups excluding carboxylic acids is 2. The summed E-state index contributed by atoms with van der Waals surface area (Å²) in [7, 11) is 0. The minimum absolute atomic E-state index is 0.0426. The second-order valence-electron chi connectivity index (χ2n) is 11.0. The summed E-state index contributed by atoms with van der Waals surface area (Å²) < 4.78 is 0. The molecule has 38 heavy (non-hydrogen) atoms. The van der Waals surface area contributed by atoms with Gasteiger partial charge in [0.15, 0.2) is 0 Å². The van der Waals surface area contributed by atoms with E-state index >= 15 is 0 Å². The van der Waals surface area contributed by atoms with Gasteiger partial charge in [-0.3, -0.25) is 19.7 Å². The van der Waals surface area contributed by atoms with Crippen molar-refractivity contribution in [1.82, 2.24) is 5.32 Å². The monoisotopic (exact) mass is 508 g/mol. The van der Waals surface area contributed by atoms with Gasteiger partial charge in [-0.25, -0.2) is 0 Å². The molecule has 6 rings (SSSR count). The number of rotatable bonds is 9. The maximum absolute atomic E-state index is 13.6. The van der Waals surface area contributed by atoms with Crippen molar-refractivity contribution in [2.45, 2.75) is 62.1 Å². The zero-order chi connectivity index (χ0) is 26.3. The van der Waals surface area contributed by atoms with E-state index in [1.165, 1.54) is 0 Å². The lowest BCUT2D eigenvalue weighted by Crippen LogP contribution is -2.62. The molecule has 6 nitrogen and oxygen atoms in total. The van der Waals surface area contributed by atoms with Gasteiger partial charge in [-0.1, -0.05) is 79.2 Å². The largest absolute Gasteiger partial charge is 0.480 e. The van der Waals surface area contributed by atoms with Crippen LogP contribution in [0.1, 0.15) is 60.4 Å². The lowest BCUT2D eigenvalue weighted by atomic mass is 9.65. The molecule has 1 aliphatic heterocycles. The van der Waals surface area contributed by atoms with Gasteiger partial charge in [-0.2, -0.15) is 0 Å². The van der Waals surface area contributed by atoms with Crippen LogP contribution in [0.25, 0.3) is 11.1 Å². The fourth-order valence-electron chi connectivity index (χ4n) is 6.58. The Kier molecular flexibility index (Phi) is 6.36. The average molecular weight is 509 g/mol. The fourth-order valence-corrected chi connectivity index (χ4v) is 6.58. The molecule has 1 heterocycles. The predicted molar refractivity (Wildman–Crippen MR) is 146 cm³/mol. The summed E-state index contributed by atoms with van der Waals surface area (Å²) in [6.07, 6.45) is 4.24. The minimum Gasteiger partial charge on any atom is -0.480 e. The number of para-hydroxylation sites is 1. The molecule has 0 saturated heterocycles. The first-order valence-electron chi connectivity index (χ1n) is 13.6. The van der Waals surface area contributed by atoms with Crippen LogP contribution >= 0.6 is 0 Å². The van der Waals surface area contributed by atoms with Crippen molar-refractivity contribution >= 4 is 23.2 Å². The first-order chi connectivity index (χ1) is 18.5. The van der Waals surface area contributed by atoms with Crippen molar-refractivity contribution in [3.05, 3.63) is 90.0 Å². The van der Waals surface area contributed by atoms with Crippen LogP contribution in [0.5, 0.6) is 0 Å². The molecule has 3 N–H and O–H groups in total. The van der Waals surface area contributed by atoms with Crippen molar-refractivity contribution in [3.8, 4) is 11.1 Å². The number of carbonyl (C=O) groups is 3. The first-order valence-corrected chi connectivity index (χ1v) is 13.6. The van der Waals surface area contributed by atoms with Gasteiger partial charge in [0, 0.05) is 35.7 Å². The summed E-state index contributed by atoms with van der Waals surface area (Å²) in [4.78, 5) is 40.2. The van der Waals surface area contributed by atoms with Crippen LogP contribution in [0.3, 0.4) is 0 Å². The maximum atomic E-state index is 13.6. The number of ketones is 2. The predicted octanol–water partition coefficient (Wildman–Crippen LogP) is 5.45. The normalized spacial score (nSPS) is 23.4. The van der Waals surface area contributed by atoms with E-state index in [0.717, 1.165) is 54.5 Å². The van der Waals surface area contributed by atoms with Crippen LogP contribution < -0.4 is 10.6 Å². The van der Waals surface area contributed by atoms with Crippen LogP contribution in [0.2, 0.25) is 0 Å². The van der Waals surface area contributed by atoms with Crippen molar-refractivity contribution in [2.24, 2.45) is 5.92 Å². The van der Waals surface area contributed by atoms with Crippen LogP contribution in [0, 0.1) is 5.92 Å². The van der Waals surface area contributed by atoms with Gasteiger partial charge in [-0.15, -0.1) is 0 Å². The highest BCUT2D eigenvalue weighted by Crippen LogP contribution is 2.52. The molecule has 0 radical (unpaired) electrons. The van der Waals surface area contributed by atoms with Gasteiger partial charge < -0.3 is 10.4 Å². The lowest BCUT2D eigenvalue weighted by Gasteiger charge is -2.46. The standard InChI is InChI=1S/C32H32N2O4/c35-28(30(36)22-15-13-21(14-16-22)20-7-2-1-3-8-20)19-32(31(37)38,34-23-17-18-23)29-24-9-4-5-11-26(24)33-27-12-6-10-25(27)29/h1-5,7-9,11,13-16,23,25,27,29,33-34H,6,10,12,17-19H2,(H,37,38). The van der Waals surface area contributed by atoms with Crippen LogP contribution in [-0.2, 0) is 9.59 Å². The molecule has 6 heteroatoms. The molecule has 3 aliphatic rings. The number of carboxylic acids is 1. The molecule has 0 aromatic heterocycles. The van der Waals surface area contributed by atoms with E-state index in [4.69, 9.17) is 0 Å². The third-order valence-electron chi connectivity index (χ3n) is 8.53. The lowest BCUT2D eigenvalue weighted by molar-refractivity contribution is -0.149. The number of hydrogen-bond acceptors (Lipinski definition) is 5. The number of hydrogen-bond donors (Lipinski definition) is 3. The summed E-state index contributed by atoms with van der Waals surface area (Å²) in [6.45, 7) is 0. The zero-order valence-corrected chi connectivity index (χ0v) is 21.2. The Labute approximate surface area is 222 Å². The molecule has 2 aliphatic carbocycles. The number of anilines is 1. The Morgan fingerprint density at radius 2 is 1.53 bits per heavy atom. The van der Waals surface area contributed by atoms with E-state index in [1.807, 2.05) is 66.7 Å². The van der Waals surface area contributed by atoms with E-state index in [9.17, 15) is 19.5 Å². The first kappa shape index (κ1) is 24.6. The Hall–Kier alpha value is -3.77. The smallest absolute Gasteiger partial charge is 0.325 e. The van der Waals surface area contributed by atoms with E-state index < -0.39 is 29.0 Å². The number of fused-ring (bicyclic) bond motifs is 2. The van der Waals surface area contributed by atoms with Crippen molar-refractivity contribution in [1.29, 1.82) is 0 Å². The molecule has 0 spiro atoms. The Balaban J connectivity index is 1.34. The van der Waals surface area contributed by atoms with Gasteiger partial charge in [0.1, 0.15) is 5.54 Å². The Bertz CT molecular complexity index is 1370. The molecular weight excluding hydrogens is 476 g/mol. The molecule has 0 bridgehead atoms. The van der Waals surface area contributed by atoms with Gasteiger partial charge >= 0.3 is 5.97 Å². The molecule has 4 atom stereocenters. The molecule has 3 aromatic carbocycles. The third kappa shape index (κ3) is 4.43. The summed E-state index contributed by atoms with van der Waals surface area (Å²) in [5.41, 5.74) is 2.54. The van der Waals surface area contributed by atoms with Gasteiger partial charge in [0.05, 0.1) is 0 Å². The van der Waals surface area contributed by atoms with E-state index in [2.05, 4.69) is 10.6 Å². The van der Waals surface area contributed by atoms with Crippen LogP contribution in [0.4, 0.5) is 5.69 Å². The van der Waals surface area contributed by atoms with E-state index in [0.29, 0.717) is 0 Å². The SMILES string of the molecule is O=C(CC(NC1CC1)(C(=O)O)C1c2ccccc2NC2CCCC21)C(=O)c1ccc(-c2ccccc2)cc1. The van der Waals surface area contributed by atoms with Gasteiger partial charge in [0.2, 0.25) is 11.6 Å². The van der Waals surface area contributed by atoms with Crippen molar-refractivity contribution in [2.75, 3.05) is 5.32 Å². The quantitative estimate of drug-likeness (QED) is 0.263. The van der Waals surface area contributed by atoms with Crippen molar-refractivity contribution < 1.29 is 19.5 Å². The van der Waals surface area contributed by atoms with Gasteiger partial charge in [0.25, 0.3) is 0 Å².